The number of benzene rings is 1. The maximum atomic E-state index is 13.2. The number of rotatable bonds is 15. The Morgan fingerprint density at radius 1 is 1.03 bits per heavy atom. The van der Waals surface area contributed by atoms with Crippen molar-refractivity contribution in [1.82, 2.24) is 21.3 Å². The van der Waals surface area contributed by atoms with Crippen molar-refractivity contribution >= 4 is 41.4 Å². The second kappa shape index (κ2) is 15.1. The number of nitrogens with two attached hydrogens (primary N) is 1. The first-order valence-corrected chi connectivity index (χ1v) is 13.4. The maximum Gasteiger partial charge on any atom is 0.326 e. The van der Waals surface area contributed by atoms with Crippen LogP contribution in [0.4, 0.5) is 0 Å². The number of aromatic hydroxyl groups is 1. The highest BCUT2D eigenvalue weighted by Gasteiger charge is 2.31. The van der Waals surface area contributed by atoms with Gasteiger partial charge in [-0.3, -0.25) is 19.2 Å². The van der Waals surface area contributed by atoms with Crippen LogP contribution in [0.25, 0.3) is 0 Å². The van der Waals surface area contributed by atoms with Crippen LogP contribution < -0.4 is 27.0 Å². The molecule has 0 radical (unpaired) electrons. The molecular weight excluding hydrogens is 502 g/mol. The highest BCUT2D eigenvalue weighted by molar-refractivity contribution is 7.98. The number of carbonyl (C=O) groups excluding carboxylic acids is 4. The first-order valence-electron chi connectivity index (χ1n) is 12.0. The van der Waals surface area contributed by atoms with E-state index >= 15 is 0 Å². The van der Waals surface area contributed by atoms with Gasteiger partial charge < -0.3 is 37.2 Å². The highest BCUT2D eigenvalue weighted by Crippen LogP contribution is 2.13. The third-order valence-corrected chi connectivity index (χ3v) is 6.57. The summed E-state index contributed by atoms with van der Waals surface area (Å²) in [4.78, 5) is 62.0. The summed E-state index contributed by atoms with van der Waals surface area (Å²) >= 11 is 1.43. The average Bonchev–Trinajstić information content (AvgIpc) is 3.40. The van der Waals surface area contributed by atoms with E-state index in [0.717, 1.165) is 6.42 Å². The van der Waals surface area contributed by atoms with Gasteiger partial charge in [0.05, 0.1) is 6.04 Å². The summed E-state index contributed by atoms with van der Waals surface area (Å²) in [5.41, 5.74) is 5.84. The van der Waals surface area contributed by atoms with Crippen LogP contribution in [-0.4, -0.2) is 82.5 Å². The molecule has 4 amide bonds. The Kier molecular flexibility index (Phi) is 12.2. The van der Waals surface area contributed by atoms with Crippen molar-refractivity contribution in [2.45, 2.75) is 62.7 Å². The van der Waals surface area contributed by atoms with Crippen molar-refractivity contribution in [3.63, 3.8) is 0 Å². The molecule has 1 aromatic carbocycles. The number of carboxylic acid groups (broad SMARTS) is 1. The third kappa shape index (κ3) is 10.3. The van der Waals surface area contributed by atoms with Gasteiger partial charge in [-0.1, -0.05) is 12.1 Å². The lowest BCUT2D eigenvalue weighted by molar-refractivity contribution is -0.142. The van der Waals surface area contributed by atoms with Crippen molar-refractivity contribution in [2.75, 3.05) is 18.6 Å². The molecule has 8 N–H and O–H groups in total. The molecule has 0 aliphatic carbocycles. The predicted octanol–water partition coefficient (Wildman–Crippen LogP) is -0.756. The van der Waals surface area contributed by atoms with E-state index in [2.05, 4.69) is 21.3 Å². The van der Waals surface area contributed by atoms with Crippen LogP contribution in [0.5, 0.6) is 5.75 Å². The van der Waals surface area contributed by atoms with Crippen molar-refractivity contribution < 1.29 is 34.2 Å². The molecule has 13 heteroatoms. The van der Waals surface area contributed by atoms with Crippen molar-refractivity contribution in [2.24, 2.45) is 5.73 Å². The van der Waals surface area contributed by atoms with Crippen LogP contribution >= 0.6 is 11.8 Å². The van der Waals surface area contributed by atoms with Gasteiger partial charge in [-0.05, 0) is 61.9 Å². The zero-order valence-electron chi connectivity index (χ0n) is 20.7. The van der Waals surface area contributed by atoms with Crippen LogP contribution in [0.2, 0.25) is 0 Å². The molecule has 0 saturated carbocycles. The summed E-state index contributed by atoms with van der Waals surface area (Å²) in [6.45, 7) is 0.673. The Morgan fingerprint density at radius 3 is 2.24 bits per heavy atom. The molecular formula is C24H35N5O7S. The van der Waals surface area contributed by atoms with Crippen molar-refractivity contribution in [3.05, 3.63) is 29.8 Å². The molecule has 0 bridgehead atoms. The number of carbonyl (C=O) groups is 5. The Morgan fingerprint density at radius 2 is 1.68 bits per heavy atom. The van der Waals surface area contributed by atoms with Crippen molar-refractivity contribution in [3.8, 4) is 5.75 Å². The second-order valence-electron chi connectivity index (χ2n) is 8.83. The zero-order valence-corrected chi connectivity index (χ0v) is 21.5. The van der Waals surface area contributed by atoms with Gasteiger partial charge in [0.2, 0.25) is 23.6 Å². The fourth-order valence-corrected chi connectivity index (χ4v) is 4.32. The number of hydrogen-bond acceptors (Lipinski definition) is 8. The minimum Gasteiger partial charge on any atom is -0.508 e. The third-order valence-electron chi connectivity index (χ3n) is 5.92. The standard InChI is InChI=1S/C24H35N5O7S/c1-37-12-10-18(24(35)36)28-23(34)19(13-14-4-6-15(30)7-5-14)29-22(33)17(8-9-20(25)31)27-21(32)16-3-2-11-26-16/h4-7,16-19,26,30H,2-3,8-13H2,1H3,(H2,25,31)(H,27,32)(H,28,34)(H,29,33)(H,35,36)/t16-,17-,18-,19-/m0/s1. The lowest BCUT2D eigenvalue weighted by atomic mass is 10.0. The number of thioether (sulfide) groups is 1. The first-order chi connectivity index (χ1) is 17.6. The van der Waals surface area contributed by atoms with E-state index in [1.54, 1.807) is 12.1 Å². The summed E-state index contributed by atoms with van der Waals surface area (Å²) in [5.74, 6) is -3.15. The van der Waals surface area contributed by atoms with Gasteiger partial charge in [0.25, 0.3) is 0 Å². The molecule has 0 aromatic heterocycles. The Bertz CT molecular complexity index is 953. The normalized spacial score (nSPS) is 17.3. The van der Waals surface area contributed by atoms with E-state index in [0.29, 0.717) is 24.3 Å². The molecule has 1 aliphatic rings. The quantitative estimate of drug-likeness (QED) is 0.150. The van der Waals surface area contributed by atoms with E-state index in [4.69, 9.17) is 5.73 Å². The molecule has 0 spiro atoms. The molecule has 1 aliphatic heterocycles. The van der Waals surface area contributed by atoms with E-state index < -0.39 is 53.8 Å². The lowest BCUT2D eigenvalue weighted by Crippen LogP contribution is -2.57. The topological polar surface area (TPSA) is 200 Å². The summed E-state index contributed by atoms with van der Waals surface area (Å²) in [6.07, 6.45) is 3.18. The molecule has 1 fully saturated rings. The number of carboxylic acids is 1. The minimum atomic E-state index is -1.20. The van der Waals surface area contributed by atoms with Gasteiger partial charge in [0.15, 0.2) is 0 Å². The van der Waals surface area contributed by atoms with Crippen molar-refractivity contribution in [1.29, 1.82) is 0 Å². The first kappa shape index (κ1) is 29.9. The van der Waals surface area contributed by atoms with Crippen LogP contribution in [0.3, 0.4) is 0 Å². The lowest BCUT2D eigenvalue weighted by Gasteiger charge is -2.25. The van der Waals surface area contributed by atoms with Gasteiger partial charge in [-0.25, -0.2) is 4.79 Å². The maximum absolute atomic E-state index is 13.2. The van der Waals surface area contributed by atoms with Crippen LogP contribution in [0, 0.1) is 0 Å². The van der Waals surface area contributed by atoms with Gasteiger partial charge in [-0.15, -0.1) is 0 Å². The Balaban J connectivity index is 2.21. The molecule has 2 rings (SSSR count). The summed E-state index contributed by atoms with van der Waals surface area (Å²) in [7, 11) is 0. The van der Waals surface area contributed by atoms with E-state index in [9.17, 15) is 34.2 Å². The fraction of sp³-hybridized carbons (Fsp3) is 0.542. The zero-order chi connectivity index (χ0) is 27.4. The number of aliphatic carboxylic acids is 1. The molecule has 12 nitrogen and oxygen atoms in total. The van der Waals surface area contributed by atoms with Crippen LogP contribution in [0.1, 0.15) is 37.7 Å². The number of amides is 4. The second-order valence-corrected chi connectivity index (χ2v) is 9.81. The smallest absolute Gasteiger partial charge is 0.326 e. The van der Waals surface area contributed by atoms with Gasteiger partial charge in [0, 0.05) is 12.8 Å². The van der Waals surface area contributed by atoms with Gasteiger partial charge >= 0.3 is 5.97 Å². The fourth-order valence-electron chi connectivity index (χ4n) is 3.85. The number of primary amides is 1. The molecule has 204 valence electrons. The molecule has 1 saturated heterocycles. The molecule has 0 unspecified atom stereocenters. The van der Waals surface area contributed by atoms with E-state index in [-0.39, 0.29) is 31.4 Å². The van der Waals surface area contributed by atoms with Crippen LogP contribution in [-0.2, 0) is 30.4 Å². The molecule has 4 atom stereocenters. The number of phenolic OH excluding ortho intramolecular Hbond substituents is 1. The number of phenols is 1. The Labute approximate surface area is 219 Å². The van der Waals surface area contributed by atoms with Gasteiger partial charge in [0.1, 0.15) is 23.9 Å². The van der Waals surface area contributed by atoms with E-state index in [1.807, 2.05) is 6.26 Å². The summed E-state index contributed by atoms with van der Waals surface area (Å²) < 4.78 is 0. The van der Waals surface area contributed by atoms with Gasteiger partial charge in [-0.2, -0.15) is 11.8 Å². The van der Waals surface area contributed by atoms with E-state index in [1.165, 1.54) is 23.9 Å². The summed E-state index contributed by atoms with van der Waals surface area (Å²) in [6, 6.07) is 2.05. The summed E-state index contributed by atoms with van der Waals surface area (Å²) in [5, 5.41) is 29.8. The molecule has 1 heterocycles. The SMILES string of the molecule is CSCC[C@H](NC(=O)[C@H](Cc1ccc(O)cc1)NC(=O)[C@H](CCC(N)=O)NC(=O)[C@@H]1CCCN1)C(=O)O. The molecule has 1 aromatic rings. The number of hydrogen-bond donors (Lipinski definition) is 7. The Hall–Kier alpha value is -3.32. The predicted molar refractivity (Wildman–Crippen MR) is 138 cm³/mol. The molecule has 37 heavy (non-hydrogen) atoms. The highest BCUT2D eigenvalue weighted by atomic mass is 32.2. The monoisotopic (exact) mass is 537 g/mol. The van der Waals surface area contributed by atoms with Crippen LogP contribution in [0.15, 0.2) is 24.3 Å². The number of nitrogens with one attached hydrogen (secondary N) is 4. The minimum absolute atomic E-state index is 0.00656. The average molecular weight is 538 g/mol. The largest absolute Gasteiger partial charge is 0.508 e.